The van der Waals surface area contributed by atoms with Crippen molar-refractivity contribution in [3.05, 3.63) is 41.2 Å². The molecule has 28 heavy (non-hydrogen) atoms. The molecular weight excluding hydrogens is 395 g/mol. The molecule has 1 unspecified atom stereocenters. The number of aromatic nitrogens is 3. The van der Waals surface area contributed by atoms with Gasteiger partial charge in [-0.2, -0.15) is 18.2 Å². The number of hydrogen-bond donors (Lipinski definition) is 1. The van der Waals surface area contributed by atoms with Crippen molar-refractivity contribution < 1.29 is 27.2 Å². The first-order valence-corrected chi connectivity index (χ1v) is 9.56. The standard InChI is InChI=1S/C18H18F3N3O3S/c1-10-7-22-15(11(2)16(10)27-9-18(19,20)21)8-28(25)17-23-13-5-4-12(26-3)6-14(13)24-17/h4-7H,8-9H2,1-3H3,(H,23,24). The van der Waals surface area contributed by atoms with Crippen LogP contribution in [0.15, 0.2) is 29.6 Å². The van der Waals surface area contributed by atoms with Crippen molar-refractivity contribution in [2.45, 2.75) is 30.9 Å². The van der Waals surface area contributed by atoms with Crippen LogP contribution >= 0.6 is 0 Å². The largest absolute Gasteiger partial charge is 0.609 e. The van der Waals surface area contributed by atoms with Gasteiger partial charge in [0.1, 0.15) is 11.5 Å². The fraction of sp³-hybridized carbons (Fsp3) is 0.333. The minimum Gasteiger partial charge on any atom is -0.609 e. The highest BCUT2D eigenvalue weighted by Gasteiger charge is 2.29. The second-order valence-electron chi connectivity index (χ2n) is 6.16. The third kappa shape index (κ3) is 4.50. The lowest BCUT2D eigenvalue weighted by Gasteiger charge is -2.16. The summed E-state index contributed by atoms with van der Waals surface area (Å²) in [5.41, 5.74) is 2.60. The number of nitrogens with zero attached hydrogens (tertiary/aromatic N) is 2. The van der Waals surface area contributed by atoms with Gasteiger partial charge in [-0.25, -0.2) is 0 Å². The minimum absolute atomic E-state index is 0.00848. The highest BCUT2D eigenvalue weighted by molar-refractivity contribution is 7.90. The van der Waals surface area contributed by atoms with Gasteiger partial charge in [0.05, 0.1) is 23.8 Å². The summed E-state index contributed by atoms with van der Waals surface area (Å²) in [6.45, 7) is 1.81. The van der Waals surface area contributed by atoms with Gasteiger partial charge in [-0.3, -0.25) is 9.97 Å². The van der Waals surface area contributed by atoms with Crippen LogP contribution < -0.4 is 9.47 Å². The van der Waals surface area contributed by atoms with E-state index in [-0.39, 0.29) is 16.7 Å². The molecule has 0 spiro atoms. The summed E-state index contributed by atoms with van der Waals surface area (Å²) in [6, 6.07) is 5.23. The molecule has 3 aromatic rings. The lowest BCUT2D eigenvalue weighted by atomic mass is 10.1. The van der Waals surface area contributed by atoms with Crippen molar-refractivity contribution in [1.82, 2.24) is 15.0 Å². The van der Waals surface area contributed by atoms with E-state index in [4.69, 9.17) is 9.47 Å². The van der Waals surface area contributed by atoms with Gasteiger partial charge in [0.25, 0.3) is 0 Å². The highest BCUT2D eigenvalue weighted by Crippen LogP contribution is 2.29. The molecule has 1 aromatic carbocycles. The molecule has 0 fully saturated rings. The topological polar surface area (TPSA) is 83.1 Å². The number of benzene rings is 1. The zero-order valence-electron chi connectivity index (χ0n) is 15.4. The number of pyridine rings is 1. The van der Waals surface area contributed by atoms with E-state index in [1.807, 2.05) is 0 Å². The van der Waals surface area contributed by atoms with Gasteiger partial charge in [0, 0.05) is 34.6 Å². The van der Waals surface area contributed by atoms with Gasteiger partial charge in [-0.05, 0) is 26.0 Å². The summed E-state index contributed by atoms with van der Waals surface area (Å²) < 4.78 is 60.2. The maximum absolute atomic E-state index is 12.7. The average molecular weight is 413 g/mol. The minimum atomic E-state index is -4.44. The molecule has 6 nitrogen and oxygen atoms in total. The average Bonchev–Trinajstić information content (AvgIpc) is 3.06. The zero-order valence-corrected chi connectivity index (χ0v) is 16.2. The van der Waals surface area contributed by atoms with Crippen molar-refractivity contribution in [1.29, 1.82) is 0 Å². The molecule has 0 saturated heterocycles. The molecule has 0 aliphatic carbocycles. The molecule has 150 valence electrons. The summed E-state index contributed by atoms with van der Waals surface area (Å²) >= 11 is -1.57. The van der Waals surface area contributed by atoms with Crippen LogP contribution in [0.25, 0.3) is 11.0 Å². The maximum Gasteiger partial charge on any atom is 0.422 e. The molecule has 2 heterocycles. The summed E-state index contributed by atoms with van der Waals surface area (Å²) in [5, 5.41) is 0.253. The second-order valence-corrected chi connectivity index (χ2v) is 7.53. The van der Waals surface area contributed by atoms with Crippen LogP contribution in [0.2, 0.25) is 0 Å². The van der Waals surface area contributed by atoms with Crippen molar-refractivity contribution in [2.24, 2.45) is 0 Å². The number of fused-ring (bicyclic) bond motifs is 1. The Kier molecular flexibility index (Phi) is 5.71. The molecule has 1 atom stereocenters. The molecule has 0 aliphatic heterocycles. The normalized spacial score (nSPS) is 13.0. The Balaban J connectivity index is 1.82. The predicted molar refractivity (Wildman–Crippen MR) is 98.0 cm³/mol. The highest BCUT2D eigenvalue weighted by atomic mass is 32.2. The van der Waals surface area contributed by atoms with Crippen molar-refractivity contribution >= 4 is 22.2 Å². The van der Waals surface area contributed by atoms with Crippen molar-refractivity contribution in [3.8, 4) is 11.5 Å². The van der Waals surface area contributed by atoms with Gasteiger partial charge in [-0.1, -0.05) is 0 Å². The first-order valence-electron chi connectivity index (χ1n) is 8.24. The molecule has 0 radical (unpaired) electrons. The fourth-order valence-corrected chi connectivity index (χ4v) is 3.77. The van der Waals surface area contributed by atoms with Crippen molar-refractivity contribution in [3.63, 3.8) is 0 Å². The molecule has 3 rings (SSSR count). The van der Waals surface area contributed by atoms with E-state index in [0.717, 1.165) is 0 Å². The van der Waals surface area contributed by atoms with Gasteiger partial charge < -0.3 is 14.0 Å². The summed E-state index contributed by atoms with van der Waals surface area (Å²) in [7, 11) is 1.54. The molecule has 0 aliphatic rings. The number of alkyl halides is 3. The molecule has 0 amide bonds. The monoisotopic (exact) mass is 413 g/mol. The smallest absolute Gasteiger partial charge is 0.422 e. The van der Waals surface area contributed by atoms with Crippen LogP contribution in [-0.2, 0) is 16.9 Å². The predicted octanol–water partition coefficient (Wildman–Crippen LogP) is 3.83. The fourth-order valence-electron chi connectivity index (χ4n) is 2.67. The van der Waals surface area contributed by atoms with Crippen LogP contribution in [-0.4, -0.2) is 39.4 Å². The molecule has 2 aromatic heterocycles. The Hall–Kier alpha value is -2.46. The van der Waals surface area contributed by atoms with E-state index in [1.165, 1.54) is 13.3 Å². The first-order chi connectivity index (χ1) is 13.2. The molecular formula is C18H18F3N3O3S. The summed E-state index contributed by atoms with van der Waals surface area (Å²) in [4.78, 5) is 11.5. The molecule has 0 bridgehead atoms. The molecule has 0 saturated carbocycles. The first kappa shape index (κ1) is 20.3. The second kappa shape index (κ2) is 7.88. The molecule has 10 heteroatoms. The van der Waals surface area contributed by atoms with E-state index >= 15 is 0 Å². The Labute approximate surface area is 162 Å². The number of ether oxygens (including phenoxy) is 2. The maximum atomic E-state index is 12.7. The van der Waals surface area contributed by atoms with E-state index in [1.54, 1.807) is 32.0 Å². The van der Waals surface area contributed by atoms with Crippen LogP contribution in [0.4, 0.5) is 13.2 Å². The van der Waals surface area contributed by atoms with Gasteiger partial charge in [0.2, 0.25) is 0 Å². The number of nitrogens with one attached hydrogen (secondary N) is 1. The Morgan fingerprint density at radius 2 is 2.00 bits per heavy atom. The van der Waals surface area contributed by atoms with E-state index in [0.29, 0.717) is 33.6 Å². The van der Waals surface area contributed by atoms with E-state index in [9.17, 15) is 17.7 Å². The van der Waals surface area contributed by atoms with Crippen LogP contribution in [0.5, 0.6) is 11.5 Å². The SMILES string of the molecule is COc1ccc2[nH]c([S+]([O-])Cc3ncc(C)c(OCC(F)(F)F)c3C)nc2c1. The Morgan fingerprint density at radius 1 is 1.25 bits per heavy atom. The number of hydrogen-bond acceptors (Lipinski definition) is 5. The van der Waals surface area contributed by atoms with E-state index < -0.39 is 24.0 Å². The summed E-state index contributed by atoms with van der Waals surface area (Å²) in [5.74, 6) is 0.721. The number of methoxy groups -OCH3 is 1. The van der Waals surface area contributed by atoms with Crippen LogP contribution in [0.3, 0.4) is 0 Å². The number of rotatable bonds is 6. The number of H-pyrrole nitrogens is 1. The lowest BCUT2D eigenvalue weighted by molar-refractivity contribution is -0.153. The Bertz CT molecular complexity index is 991. The third-order valence-electron chi connectivity index (χ3n) is 4.08. The Morgan fingerprint density at radius 3 is 2.68 bits per heavy atom. The number of aryl methyl sites for hydroxylation is 1. The van der Waals surface area contributed by atoms with Gasteiger partial charge in [-0.15, -0.1) is 0 Å². The van der Waals surface area contributed by atoms with Crippen LogP contribution in [0.1, 0.15) is 16.8 Å². The van der Waals surface area contributed by atoms with Gasteiger partial charge in [0.15, 0.2) is 12.4 Å². The number of halogens is 3. The molecule has 1 N–H and O–H groups in total. The summed E-state index contributed by atoms with van der Waals surface area (Å²) in [6.07, 6.45) is -3.03. The van der Waals surface area contributed by atoms with E-state index in [2.05, 4.69) is 15.0 Å². The lowest BCUT2D eigenvalue weighted by Crippen LogP contribution is -2.20. The zero-order chi connectivity index (χ0) is 20.5. The number of aromatic amines is 1. The van der Waals surface area contributed by atoms with Crippen LogP contribution in [0, 0.1) is 13.8 Å². The van der Waals surface area contributed by atoms with Gasteiger partial charge >= 0.3 is 11.3 Å². The van der Waals surface area contributed by atoms with Crippen molar-refractivity contribution in [2.75, 3.05) is 13.7 Å². The third-order valence-corrected chi connectivity index (χ3v) is 5.24. The quantitative estimate of drug-likeness (QED) is 0.621. The number of imidazole rings is 1.